The number of hydrogen-bond donors (Lipinski definition) is 3. The summed E-state index contributed by atoms with van der Waals surface area (Å²) in [6, 6.07) is -1.20. The number of alkyl halides is 3. The van der Waals surface area contributed by atoms with Gasteiger partial charge in [0.25, 0.3) is 0 Å². The Balaban J connectivity index is 1.99. The summed E-state index contributed by atoms with van der Waals surface area (Å²) >= 11 is 5.57. The van der Waals surface area contributed by atoms with Crippen LogP contribution >= 0.6 is 11.6 Å². The molecule has 7 nitrogen and oxygen atoms in total. The van der Waals surface area contributed by atoms with Crippen molar-refractivity contribution in [3.8, 4) is 0 Å². The van der Waals surface area contributed by atoms with Crippen LogP contribution in [0.5, 0.6) is 0 Å². The molecule has 0 spiro atoms. The molecule has 2 aromatic rings. The lowest BCUT2D eigenvalue weighted by Gasteiger charge is -2.22. The van der Waals surface area contributed by atoms with Crippen molar-refractivity contribution in [2.75, 3.05) is 6.54 Å². The third-order valence-electron chi connectivity index (χ3n) is 4.01. The Morgan fingerprint density at radius 2 is 1.90 bits per heavy atom. The summed E-state index contributed by atoms with van der Waals surface area (Å²) in [7, 11) is 0. The maximum absolute atomic E-state index is 14.5. The summed E-state index contributed by atoms with van der Waals surface area (Å²) in [6.07, 6.45) is -3.30. The summed E-state index contributed by atoms with van der Waals surface area (Å²) in [5, 5.41) is 6.18. The average Bonchev–Trinajstić information content (AvgIpc) is 3.11. The van der Waals surface area contributed by atoms with Crippen molar-refractivity contribution in [3.05, 3.63) is 58.1 Å². The smallest absolute Gasteiger partial charge is 0.343 e. The number of halogens is 6. The van der Waals surface area contributed by atoms with Gasteiger partial charge < -0.3 is 16.0 Å². The van der Waals surface area contributed by atoms with Crippen molar-refractivity contribution >= 4 is 23.5 Å². The van der Waals surface area contributed by atoms with Gasteiger partial charge in [-0.25, -0.2) is 23.5 Å². The van der Waals surface area contributed by atoms with Crippen molar-refractivity contribution in [2.45, 2.75) is 18.3 Å². The van der Waals surface area contributed by atoms with E-state index in [1.165, 1.54) is 0 Å². The quantitative estimate of drug-likeness (QED) is 0.507. The van der Waals surface area contributed by atoms with Crippen LogP contribution in [0.2, 0.25) is 5.02 Å². The molecule has 0 bridgehead atoms. The minimum Gasteiger partial charge on any atom is -0.343 e. The molecule has 2 atom stereocenters. The third kappa shape index (κ3) is 4.36. The molecule has 3 N–H and O–H groups in total. The number of nitrogens with one attached hydrogen (secondary N) is 3. The largest absolute Gasteiger partial charge is 0.451 e. The number of hydrogen-bond acceptors (Lipinski definition) is 4. The third-order valence-corrected chi connectivity index (χ3v) is 4.36. The Bertz CT molecular complexity index is 954. The maximum Gasteiger partial charge on any atom is 0.451 e. The molecule has 1 fully saturated rings. The zero-order valence-electron chi connectivity index (χ0n) is 14.1. The van der Waals surface area contributed by atoms with Crippen molar-refractivity contribution < 1.29 is 31.5 Å². The molecule has 0 unspecified atom stereocenters. The summed E-state index contributed by atoms with van der Waals surface area (Å²) in [5.74, 6) is -4.48. The van der Waals surface area contributed by atoms with Gasteiger partial charge in [-0.2, -0.15) is 13.2 Å². The van der Waals surface area contributed by atoms with E-state index in [9.17, 15) is 31.5 Å². The van der Waals surface area contributed by atoms with Gasteiger partial charge >= 0.3 is 12.2 Å². The number of urea groups is 1. The minimum atomic E-state index is -4.80. The highest BCUT2D eigenvalue weighted by molar-refractivity contribution is 6.31. The number of amides is 3. The molecule has 2 heterocycles. The minimum absolute atomic E-state index is 0.0620. The molecule has 1 aliphatic heterocycles. The lowest BCUT2D eigenvalue weighted by Crippen LogP contribution is -2.44. The van der Waals surface area contributed by atoms with Crippen LogP contribution in [-0.2, 0) is 11.0 Å². The second-order valence-corrected chi connectivity index (χ2v) is 6.33. The molecule has 3 rings (SSSR count). The van der Waals surface area contributed by atoms with Crippen LogP contribution in [0.15, 0.2) is 24.5 Å². The fraction of sp³-hybridized carbons (Fsp3) is 0.250. The Kier molecular flexibility index (Phi) is 5.55. The summed E-state index contributed by atoms with van der Waals surface area (Å²) < 4.78 is 66.1. The number of carbonyl (C=O) groups is 2. The van der Waals surface area contributed by atoms with E-state index in [2.05, 4.69) is 25.9 Å². The molecular weight excluding hydrogens is 425 g/mol. The number of aromatic nitrogens is 2. The van der Waals surface area contributed by atoms with Gasteiger partial charge in [0.2, 0.25) is 11.7 Å². The SMILES string of the molecule is O=C1NC[C@@H](C(=O)N[C@H](c2cnc(C(F)(F)F)nc2)c2ccc(F)c(Cl)c2F)N1. The monoisotopic (exact) mass is 435 g/mol. The van der Waals surface area contributed by atoms with E-state index in [1.807, 2.05) is 0 Å². The lowest BCUT2D eigenvalue weighted by molar-refractivity contribution is -0.145. The summed E-state index contributed by atoms with van der Waals surface area (Å²) in [5.41, 5.74) is -0.449. The van der Waals surface area contributed by atoms with Crippen molar-refractivity contribution in [2.24, 2.45) is 0 Å². The van der Waals surface area contributed by atoms with E-state index in [-0.39, 0.29) is 17.7 Å². The Morgan fingerprint density at radius 1 is 1.24 bits per heavy atom. The van der Waals surface area contributed by atoms with Gasteiger partial charge in [0, 0.05) is 30.1 Å². The zero-order valence-corrected chi connectivity index (χ0v) is 14.9. The van der Waals surface area contributed by atoms with E-state index in [1.54, 1.807) is 0 Å². The van der Waals surface area contributed by atoms with E-state index in [4.69, 9.17) is 11.6 Å². The van der Waals surface area contributed by atoms with Crippen molar-refractivity contribution in [3.63, 3.8) is 0 Å². The Labute approximate surface area is 164 Å². The number of benzene rings is 1. The van der Waals surface area contributed by atoms with Crippen LogP contribution in [0, 0.1) is 11.6 Å². The molecule has 154 valence electrons. The van der Waals surface area contributed by atoms with Gasteiger partial charge in [-0.3, -0.25) is 4.79 Å². The summed E-state index contributed by atoms with van der Waals surface area (Å²) in [4.78, 5) is 30.0. The van der Waals surface area contributed by atoms with E-state index in [0.717, 1.165) is 24.5 Å². The maximum atomic E-state index is 14.5. The Morgan fingerprint density at radius 3 is 2.45 bits per heavy atom. The first kappa shape index (κ1) is 20.7. The van der Waals surface area contributed by atoms with Gasteiger partial charge in [-0.15, -0.1) is 0 Å². The van der Waals surface area contributed by atoms with Gasteiger partial charge in [-0.05, 0) is 6.07 Å². The van der Waals surface area contributed by atoms with Crippen LogP contribution in [0.1, 0.15) is 23.0 Å². The molecule has 3 amide bonds. The van der Waals surface area contributed by atoms with E-state index >= 15 is 0 Å². The predicted octanol–water partition coefficient (Wildman–Crippen LogP) is 2.31. The fourth-order valence-electron chi connectivity index (χ4n) is 2.59. The van der Waals surface area contributed by atoms with Crippen LogP contribution in [0.3, 0.4) is 0 Å². The number of rotatable bonds is 4. The van der Waals surface area contributed by atoms with Crippen LogP contribution in [0.4, 0.5) is 26.7 Å². The van der Waals surface area contributed by atoms with Crippen molar-refractivity contribution in [1.82, 2.24) is 25.9 Å². The van der Waals surface area contributed by atoms with Crippen LogP contribution in [-0.4, -0.2) is 34.5 Å². The molecule has 1 aromatic carbocycles. The average molecular weight is 436 g/mol. The van der Waals surface area contributed by atoms with Gasteiger partial charge in [0.1, 0.15) is 22.7 Å². The van der Waals surface area contributed by atoms with Crippen molar-refractivity contribution in [1.29, 1.82) is 0 Å². The second kappa shape index (κ2) is 7.78. The first-order valence-electron chi connectivity index (χ1n) is 7.95. The molecule has 1 aromatic heterocycles. The number of nitrogens with zero attached hydrogens (tertiary/aromatic N) is 2. The molecule has 0 radical (unpaired) electrons. The highest BCUT2D eigenvalue weighted by Gasteiger charge is 2.35. The van der Waals surface area contributed by atoms with Gasteiger partial charge in [0.15, 0.2) is 0 Å². The van der Waals surface area contributed by atoms with Crippen LogP contribution in [0.25, 0.3) is 0 Å². The highest BCUT2D eigenvalue weighted by atomic mass is 35.5. The summed E-state index contributed by atoms with van der Waals surface area (Å²) in [6.45, 7) is -0.0620. The number of carbonyl (C=O) groups excluding carboxylic acids is 2. The first-order chi connectivity index (χ1) is 13.6. The molecule has 13 heteroatoms. The molecular formula is C16H11ClF5N5O2. The zero-order chi connectivity index (χ0) is 21.3. The first-order valence-corrected chi connectivity index (χ1v) is 8.33. The highest BCUT2D eigenvalue weighted by Crippen LogP contribution is 2.31. The van der Waals surface area contributed by atoms with Gasteiger partial charge in [0.05, 0.1) is 6.04 Å². The Hall–Kier alpha value is -3.02. The predicted molar refractivity (Wildman–Crippen MR) is 88.7 cm³/mol. The molecule has 0 aliphatic carbocycles. The second-order valence-electron chi connectivity index (χ2n) is 5.95. The lowest BCUT2D eigenvalue weighted by atomic mass is 9.99. The van der Waals surface area contributed by atoms with Crippen LogP contribution < -0.4 is 16.0 Å². The standard InChI is InChI=1S/C16H11ClF5N5O2/c17-10-8(18)2-1-7(11(10)19)12(27-13(28)9-5-25-15(29)26-9)6-3-23-14(24-4-6)16(20,21)22/h1-4,9,12H,5H2,(H,27,28)(H2,25,26,29)/t9-,12+/m0/s1. The molecule has 0 saturated carbocycles. The van der Waals surface area contributed by atoms with E-state index < -0.39 is 52.7 Å². The molecule has 1 saturated heterocycles. The normalized spacial score (nSPS) is 17.4. The van der Waals surface area contributed by atoms with E-state index in [0.29, 0.717) is 0 Å². The molecule has 1 aliphatic rings. The topological polar surface area (TPSA) is 96.0 Å². The molecule has 29 heavy (non-hydrogen) atoms. The fourth-order valence-corrected chi connectivity index (χ4v) is 2.77. The van der Waals surface area contributed by atoms with Gasteiger partial charge in [-0.1, -0.05) is 17.7 Å².